The fourth-order valence-corrected chi connectivity index (χ4v) is 5.41. The lowest BCUT2D eigenvalue weighted by molar-refractivity contribution is -0.126. The van der Waals surface area contributed by atoms with Crippen LogP contribution in [0.15, 0.2) is 42.5 Å². The molecule has 0 spiro atoms. The molecule has 1 saturated heterocycles. The highest BCUT2D eigenvalue weighted by atomic mass is 35.5. The van der Waals surface area contributed by atoms with E-state index in [0.29, 0.717) is 40.2 Å². The van der Waals surface area contributed by atoms with E-state index in [2.05, 4.69) is 19.2 Å². The molecule has 2 aliphatic rings. The molecule has 6 nitrogen and oxygen atoms in total. The summed E-state index contributed by atoms with van der Waals surface area (Å²) >= 11 is 6.26. The summed E-state index contributed by atoms with van der Waals surface area (Å²) in [5.74, 6) is 0.477. The van der Waals surface area contributed by atoms with Crippen LogP contribution in [-0.2, 0) is 4.79 Å². The van der Waals surface area contributed by atoms with E-state index in [1.54, 1.807) is 35.2 Å². The molecule has 0 aliphatic carbocycles. The minimum absolute atomic E-state index is 0.0373. The fourth-order valence-electron chi connectivity index (χ4n) is 5.25. The second-order valence-corrected chi connectivity index (χ2v) is 10.4. The predicted molar refractivity (Wildman–Crippen MR) is 138 cm³/mol. The van der Waals surface area contributed by atoms with E-state index >= 15 is 0 Å². The van der Waals surface area contributed by atoms with Crippen molar-refractivity contribution in [3.05, 3.63) is 58.6 Å². The van der Waals surface area contributed by atoms with Crippen molar-refractivity contribution in [1.82, 2.24) is 5.32 Å². The lowest BCUT2D eigenvalue weighted by Crippen LogP contribution is -2.50. The number of hydrogen-bond donors (Lipinski definition) is 3. The summed E-state index contributed by atoms with van der Waals surface area (Å²) in [6.45, 7) is 5.22. The van der Waals surface area contributed by atoms with Crippen molar-refractivity contribution in [2.75, 3.05) is 11.4 Å². The molecule has 0 aromatic heterocycles. The number of benzene rings is 2. The van der Waals surface area contributed by atoms with Gasteiger partial charge in [-0.2, -0.15) is 0 Å². The highest BCUT2D eigenvalue weighted by Crippen LogP contribution is 2.40. The summed E-state index contributed by atoms with van der Waals surface area (Å²) in [7, 11) is 0. The highest BCUT2D eigenvalue weighted by Gasteiger charge is 2.36. The molecule has 3 atom stereocenters. The Morgan fingerprint density at radius 1 is 1.26 bits per heavy atom. The number of halogens is 1. The maximum atomic E-state index is 13.5. The van der Waals surface area contributed by atoms with Crippen LogP contribution in [-0.4, -0.2) is 29.9 Å². The van der Waals surface area contributed by atoms with Gasteiger partial charge in [-0.05, 0) is 63.8 Å². The zero-order valence-electron chi connectivity index (χ0n) is 20.1. The second kappa shape index (κ2) is 10.4. The Hall–Kier alpha value is -2.57. The number of carbonyl (C=O) groups is 1. The number of rotatable bonds is 8. The maximum Gasteiger partial charge on any atom is 0.272 e. The van der Waals surface area contributed by atoms with Crippen LogP contribution in [0, 0.1) is 5.41 Å². The zero-order chi connectivity index (χ0) is 24.3. The average molecular weight is 483 g/mol. The summed E-state index contributed by atoms with van der Waals surface area (Å²) in [4.78, 5) is 15.3. The van der Waals surface area contributed by atoms with Crippen molar-refractivity contribution in [2.45, 2.75) is 76.5 Å². The van der Waals surface area contributed by atoms with Crippen LogP contribution in [0.25, 0.3) is 0 Å². The third-order valence-electron chi connectivity index (χ3n) is 7.02. The van der Waals surface area contributed by atoms with Gasteiger partial charge < -0.3 is 20.7 Å². The maximum absolute atomic E-state index is 13.5. The number of nitrogen functional groups attached to an aromatic ring is 1. The van der Waals surface area contributed by atoms with Gasteiger partial charge in [-0.25, -0.2) is 0 Å². The molecule has 2 aromatic carbocycles. The second-order valence-electron chi connectivity index (χ2n) is 9.95. The molecule has 0 saturated carbocycles. The van der Waals surface area contributed by atoms with Crippen molar-refractivity contribution in [2.24, 2.45) is 5.73 Å². The van der Waals surface area contributed by atoms with Gasteiger partial charge in [0.1, 0.15) is 11.6 Å². The van der Waals surface area contributed by atoms with Gasteiger partial charge in [0.25, 0.3) is 5.91 Å². The first-order valence-corrected chi connectivity index (χ1v) is 12.6. The van der Waals surface area contributed by atoms with Gasteiger partial charge in [0.2, 0.25) is 6.10 Å². The van der Waals surface area contributed by atoms with Crippen molar-refractivity contribution in [1.29, 1.82) is 5.41 Å². The van der Waals surface area contributed by atoms with E-state index < -0.39 is 6.10 Å². The molecular formula is C27H35ClN4O2. The largest absolute Gasteiger partial charge is 0.474 e. The fraction of sp³-hybridized carbons (Fsp3) is 0.481. The van der Waals surface area contributed by atoms with Gasteiger partial charge in [-0.15, -0.1) is 0 Å². The molecule has 1 fully saturated rings. The Labute approximate surface area is 207 Å². The number of unbranched alkanes of at least 4 members (excludes halogenated alkanes) is 2. The summed E-state index contributed by atoms with van der Waals surface area (Å²) in [6.07, 6.45) is 7.23. The highest BCUT2D eigenvalue weighted by molar-refractivity contribution is 6.31. The molecule has 7 heteroatoms. The molecule has 0 bridgehead atoms. The molecule has 4 rings (SSSR count). The number of hydrogen-bond acceptors (Lipinski definition) is 4. The number of amidine groups is 1. The normalized spacial score (nSPS) is 24.4. The minimum Gasteiger partial charge on any atom is -0.474 e. The van der Waals surface area contributed by atoms with Gasteiger partial charge in [-0.3, -0.25) is 10.2 Å². The Morgan fingerprint density at radius 2 is 2.09 bits per heavy atom. The topological polar surface area (TPSA) is 91.4 Å². The van der Waals surface area contributed by atoms with Gasteiger partial charge in [-0.1, -0.05) is 49.1 Å². The summed E-state index contributed by atoms with van der Waals surface area (Å²) in [6, 6.07) is 13.1. The van der Waals surface area contributed by atoms with Crippen molar-refractivity contribution in [3.8, 4) is 5.75 Å². The third-order valence-corrected chi connectivity index (χ3v) is 7.25. The van der Waals surface area contributed by atoms with Crippen molar-refractivity contribution in [3.63, 3.8) is 0 Å². The number of carbonyl (C=O) groups excluding carboxylic acids is 1. The van der Waals surface area contributed by atoms with Gasteiger partial charge in [0.05, 0.1) is 5.69 Å². The van der Waals surface area contributed by atoms with Gasteiger partial charge in [0.15, 0.2) is 0 Å². The first kappa shape index (κ1) is 24.6. The summed E-state index contributed by atoms with van der Waals surface area (Å²) in [5.41, 5.74) is 7.86. The first-order valence-electron chi connectivity index (χ1n) is 12.3. The van der Waals surface area contributed by atoms with E-state index in [0.717, 1.165) is 25.7 Å². The standard InChI is InChI=1S/C27H35ClN4O2/c1-18-8-7-14-27(2,31-18)13-4-3-5-15-32-22-17-21(28)11-12-23(22)34-24(26(32)33)19-9-6-10-20(16-19)25(29)30/h6,9-12,16-18,24,31H,3-5,7-8,13-15H2,1-2H3,(H3,29,30)/t18-,24?,27+/m0/s1. The number of nitrogens with one attached hydrogen (secondary N) is 2. The number of piperidine rings is 1. The Morgan fingerprint density at radius 3 is 2.85 bits per heavy atom. The lowest BCUT2D eigenvalue weighted by atomic mass is 9.84. The van der Waals surface area contributed by atoms with E-state index in [4.69, 9.17) is 27.5 Å². The molecule has 4 N–H and O–H groups in total. The van der Waals surface area contributed by atoms with E-state index in [9.17, 15) is 4.79 Å². The number of nitrogens with zero attached hydrogens (tertiary/aromatic N) is 1. The molecule has 2 aliphatic heterocycles. The molecule has 34 heavy (non-hydrogen) atoms. The number of anilines is 1. The van der Waals surface area contributed by atoms with Crippen molar-refractivity contribution < 1.29 is 9.53 Å². The predicted octanol–water partition coefficient (Wildman–Crippen LogP) is 5.57. The lowest BCUT2D eigenvalue weighted by Gasteiger charge is -2.39. The molecular weight excluding hydrogens is 448 g/mol. The molecule has 1 unspecified atom stereocenters. The quantitative estimate of drug-likeness (QED) is 0.260. The van der Waals surface area contributed by atoms with Crippen LogP contribution < -0.4 is 20.7 Å². The zero-order valence-corrected chi connectivity index (χ0v) is 20.8. The van der Waals surface area contributed by atoms with Crippen LogP contribution in [0.2, 0.25) is 5.02 Å². The number of nitrogens with two attached hydrogens (primary N) is 1. The van der Waals surface area contributed by atoms with E-state index in [-0.39, 0.29) is 17.3 Å². The molecule has 1 amide bonds. The van der Waals surface area contributed by atoms with Gasteiger partial charge in [0, 0.05) is 34.3 Å². The summed E-state index contributed by atoms with van der Waals surface area (Å²) < 4.78 is 6.11. The summed E-state index contributed by atoms with van der Waals surface area (Å²) in [5, 5.41) is 12.1. The first-order chi connectivity index (χ1) is 16.3. The van der Waals surface area contributed by atoms with E-state index in [1.807, 2.05) is 12.1 Å². The number of amides is 1. The molecule has 182 valence electrons. The Balaban J connectivity index is 1.45. The van der Waals surface area contributed by atoms with Crippen LogP contribution in [0.4, 0.5) is 5.69 Å². The van der Waals surface area contributed by atoms with Crippen LogP contribution >= 0.6 is 11.6 Å². The van der Waals surface area contributed by atoms with Gasteiger partial charge >= 0.3 is 0 Å². The smallest absolute Gasteiger partial charge is 0.272 e. The van der Waals surface area contributed by atoms with Crippen molar-refractivity contribution >= 4 is 29.0 Å². The molecule has 0 radical (unpaired) electrons. The SMILES string of the molecule is C[C@H]1CCC[C@@](C)(CCCCCN2C(=O)C(c3cccc(C(=N)N)c3)Oc3ccc(Cl)cc32)N1. The van der Waals surface area contributed by atoms with E-state index in [1.165, 1.54) is 19.3 Å². The Kier molecular flexibility index (Phi) is 7.48. The molecule has 2 aromatic rings. The third kappa shape index (κ3) is 5.56. The number of fused-ring (bicyclic) bond motifs is 1. The minimum atomic E-state index is -0.778. The van der Waals surface area contributed by atoms with Crippen LogP contribution in [0.5, 0.6) is 5.75 Å². The number of ether oxygens (including phenoxy) is 1. The Bertz CT molecular complexity index is 1060. The average Bonchev–Trinajstić information content (AvgIpc) is 2.80. The molecule has 2 heterocycles. The monoisotopic (exact) mass is 482 g/mol. The van der Waals surface area contributed by atoms with Crippen LogP contribution in [0.3, 0.4) is 0 Å². The van der Waals surface area contributed by atoms with Crippen LogP contribution in [0.1, 0.15) is 76.0 Å².